The maximum atomic E-state index is 2.41. The van der Waals surface area contributed by atoms with E-state index in [0.717, 1.165) is 5.92 Å². The summed E-state index contributed by atoms with van der Waals surface area (Å²) in [6.07, 6.45) is 8.02. The van der Waals surface area contributed by atoms with Crippen LogP contribution in [0.2, 0.25) is 0 Å². The molecule has 0 nitrogen and oxygen atoms in total. The molecule has 0 aliphatic heterocycles. The number of hydrogen-bond donors (Lipinski definition) is 0. The van der Waals surface area contributed by atoms with Crippen LogP contribution in [0.3, 0.4) is 0 Å². The van der Waals surface area contributed by atoms with Crippen molar-refractivity contribution in [3.63, 3.8) is 0 Å². The molecule has 0 N–H and O–H groups in total. The quantitative estimate of drug-likeness (QED) is 0.294. The minimum atomic E-state index is 0. The van der Waals surface area contributed by atoms with Crippen molar-refractivity contribution in [2.45, 2.75) is 32.6 Å². The summed E-state index contributed by atoms with van der Waals surface area (Å²) in [5, 5.41) is 0. The molecule has 1 aliphatic carbocycles. The molecule has 0 heterocycles. The van der Waals surface area contributed by atoms with Gasteiger partial charge >= 0.3 is 23.1 Å². The monoisotopic (exact) mass is 248 g/mol. The molecule has 0 spiro atoms. The van der Waals surface area contributed by atoms with Crippen molar-refractivity contribution in [3.8, 4) is 0 Å². The smallest absolute Gasteiger partial charge is 1.00 e. The molecule has 50 valence electrons. The van der Waals surface area contributed by atoms with E-state index in [1.54, 1.807) is 0 Å². The van der Waals surface area contributed by atoms with E-state index in [1.165, 1.54) is 25.7 Å². The largest absolute Gasteiger partial charge is 2.00 e. The second kappa shape index (κ2) is 7.60. The van der Waals surface area contributed by atoms with Gasteiger partial charge in [-0.15, -0.1) is 0 Å². The zero-order chi connectivity index (χ0) is 5.11. The fourth-order valence-electron chi connectivity index (χ4n) is 1.13. The molecule has 1 aliphatic rings. The summed E-state index contributed by atoms with van der Waals surface area (Å²) in [7, 11) is 0. The van der Waals surface area contributed by atoms with Crippen LogP contribution in [0, 0.1) is 12.3 Å². The molecule has 1 rings (SSSR count). The molecule has 0 saturated heterocycles. The van der Waals surface area contributed by atoms with Crippen molar-refractivity contribution in [1.29, 1.82) is 0 Å². The first-order valence-corrected chi connectivity index (χ1v) is 3.21. The summed E-state index contributed by atoms with van der Waals surface area (Å²) in [6, 6.07) is 0. The predicted molar refractivity (Wildman–Crippen MR) is 37.7 cm³/mol. The van der Waals surface area contributed by atoms with Crippen LogP contribution in [0.15, 0.2) is 0 Å². The van der Waals surface area contributed by atoms with Gasteiger partial charge in [-0.2, -0.15) is 12.8 Å². The molecule has 0 aromatic rings. The van der Waals surface area contributed by atoms with E-state index in [4.69, 9.17) is 0 Å². The molecule has 1 unspecified atom stereocenters. The third-order valence-electron chi connectivity index (χ3n) is 1.67. The first kappa shape index (κ1) is 13.1. The maximum Gasteiger partial charge on any atom is 2.00 e. The van der Waals surface area contributed by atoms with Gasteiger partial charge in [-0.05, 0) is 0 Å². The van der Waals surface area contributed by atoms with Gasteiger partial charge in [0.25, 0.3) is 0 Å². The summed E-state index contributed by atoms with van der Waals surface area (Å²) >= 11 is 0. The molecule has 1 atom stereocenters. The first-order chi connectivity index (χ1) is 3.39. The SMILES string of the molecule is CC1C[CH-]CCC1.[I-].[Mg+2]. The average molecular weight is 248 g/mol. The summed E-state index contributed by atoms with van der Waals surface area (Å²) in [5.41, 5.74) is 0. The van der Waals surface area contributed by atoms with Gasteiger partial charge in [-0.1, -0.05) is 25.7 Å². The van der Waals surface area contributed by atoms with E-state index in [-0.39, 0.29) is 47.0 Å². The summed E-state index contributed by atoms with van der Waals surface area (Å²) < 4.78 is 0. The van der Waals surface area contributed by atoms with Crippen LogP contribution in [0.25, 0.3) is 0 Å². The Morgan fingerprint density at radius 2 is 2.11 bits per heavy atom. The van der Waals surface area contributed by atoms with Gasteiger partial charge in [-0.25, -0.2) is 0 Å². The van der Waals surface area contributed by atoms with Gasteiger partial charge in [0.2, 0.25) is 0 Å². The van der Waals surface area contributed by atoms with E-state index < -0.39 is 0 Å². The first-order valence-electron chi connectivity index (χ1n) is 3.21. The van der Waals surface area contributed by atoms with Gasteiger partial charge in [0.1, 0.15) is 0 Å². The van der Waals surface area contributed by atoms with Crippen molar-refractivity contribution in [3.05, 3.63) is 6.42 Å². The molecule has 1 fully saturated rings. The van der Waals surface area contributed by atoms with Crippen LogP contribution in [-0.2, 0) is 0 Å². The molecule has 0 amide bonds. The fourth-order valence-corrected chi connectivity index (χ4v) is 1.13. The van der Waals surface area contributed by atoms with Crippen molar-refractivity contribution in [2.75, 3.05) is 0 Å². The van der Waals surface area contributed by atoms with Crippen LogP contribution < -0.4 is 24.0 Å². The molecule has 1 saturated carbocycles. The average Bonchev–Trinajstić information content (AvgIpc) is 1.69. The molecule has 0 aromatic heterocycles. The van der Waals surface area contributed by atoms with E-state index in [9.17, 15) is 0 Å². The van der Waals surface area contributed by atoms with E-state index >= 15 is 0 Å². The normalized spacial score (nSPS) is 25.7. The van der Waals surface area contributed by atoms with Crippen LogP contribution in [0.1, 0.15) is 32.6 Å². The van der Waals surface area contributed by atoms with E-state index in [0.29, 0.717) is 0 Å². The molecule has 0 bridgehead atoms. The molecule has 0 aromatic carbocycles. The maximum absolute atomic E-state index is 2.41. The Morgan fingerprint density at radius 3 is 2.33 bits per heavy atom. The molecule has 9 heavy (non-hydrogen) atoms. The topological polar surface area (TPSA) is 0 Å². The van der Waals surface area contributed by atoms with Gasteiger partial charge < -0.3 is 30.4 Å². The van der Waals surface area contributed by atoms with Crippen LogP contribution in [0.5, 0.6) is 0 Å². The number of halogens is 1. The standard InChI is InChI=1S/C7H13.HI.Mg/c1-7-5-3-2-4-6-7;;/h3,7H,2,4-6H2,1H3;1H;/q-1;;+2/p-1. The van der Waals surface area contributed by atoms with Crippen LogP contribution in [-0.4, -0.2) is 23.1 Å². The Kier molecular flexibility index (Phi) is 11.1. The summed E-state index contributed by atoms with van der Waals surface area (Å²) in [5.74, 6) is 0.980. The number of rotatable bonds is 0. The third kappa shape index (κ3) is 5.92. The van der Waals surface area contributed by atoms with E-state index in [1.807, 2.05) is 0 Å². The Balaban J connectivity index is 0. The predicted octanol–water partition coefficient (Wildman–Crippen LogP) is -0.976. The van der Waals surface area contributed by atoms with Crippen LogP contribution >= 0.6 is 0 Å². The molecular formula is C7H13IMg. The zero-order valence-corrected chi connectivity index (χ0v) is 9.64. The third-order valence-corrected chi connectivity index (χ3v) is 1.67. The second-order valence-corrected chi connectivity index (χ2v) is 2.56. The minimum absolute atomic E-state index is 0. The van der Waals surface area contributed by atoms with Crippen molar-refractivity contribution in [2.24, 2.45) is 5.92 Å². The van der Waals surface area contributed by atoms with Crippen LogP contribution in [0.4, 0.5) is 0 Å². The number of hydrogen-bond acceptors (Lipinski definition) is 0. The van der Waals surface area contributed by atoms with Gasteiger partial charge in [0.05, 0.1) is 0 Å². The van der Waals surface area contributed by atoms with Crippen molar-refractivity contribution >= 4 is 23.1 Å². The van der Waals surface area contributed by atoms with Gasteiger partial charge in [-0.3, -0.25) is 0 Å². The Morgan fingerprint density at radius 1 is 1.44 bits per heavy atom. The summed E-state index contributed by atoms with van der Waals surface area (Å²) in [4.78, 5) is 0. The Bertz CT molecular complexity index is 50.9. The fraction of sp³-hybridized carbons (Fsp3) is 0.857. The minimum Gasteiger partial charge on any atom is -1.00 e. The van der Waals surface area contributed by atoms with Crippen molar-refractivity contribution in [1.82, 2.24) is 0 Å². The van der Waals surface area contributed by atoms with Gasteiger partial charge in [0, 0.05) is 0 Å². The van der Waals surface area contributed by atoms with Gasteiger partial charge in [0.15, 0.2) is 0 Å². The molecule has 0 radical (unpaired) electrons. The molecule has 2 heteroatoms. The Labute approximate surface area is 91.3 Å². The Hall–Kier alpha value is 1.50. The molecular weight excluding hydrogens is 235 g/mol. The zero-order valence-electron chi connectivity index (χ0n) is 6.07. The van der Waals surface area contributed by atoms with Crippen molar-refractivity contribution < 1.29 is 24.0 Å². The van der Waals surface area contributed by atoms with E-state index in [2.05, 4.69) is 13.3 Å². The summed E-state index contributed by atoms with van der Waals surface area (Å²) in [6.45, 7) is 2.33. The second-order valence-electron chi connectivity index (χ2n) is 2.56.